The molecule has 0 saturated carbocycles. The first-order valence-corrected chi connectivity index (χ1v) is 2.87. The van der Waals surface area contributed by atoms with Crippen LogP contribution < -0.4 is 29.6 Å². The quantitative estimate of drug-likeness (QED) is 0.269. The minimum absolute atomic E-state index is 0. The molecule has 1 heterocycles. The number of hydrogen-bond acceptors (Lipinski definition) is 2. The molecule has 1 aromatic heterocycles. The third-order valence-electron chi connectivity index (χ3n) is 0.690. The number of pyridine rings is 1. The van der Waals surface area contributed by atoms with Crippen LogP contribution in [0.4, 0.5) is 0 Å². The van der Waals surface area contributed by atoms with Crippen molar-refractivity contribution in [1.82, 2.24) is 4.98 Å². The van der Waals surface area contributed by atoms with E-state index in [9.17, 15) is 0 Å². The standard InChI is InChI=1S/C5H4ClNS.Na/c6-4-2-1-3-5(8)7-4;/h1-3H,(H,7,8);/q;+1/p-1. The number of halogens is 1. The molecule has 0 aliphatic rings. The van der Waals surface area contributed by atoms with Crippen molar-refractivity contribution < 1.29 is 29.6 Å². The normalized spacial score (nSPS) is 8.11. The Morgan fingerprint density at radius 2 is 2.11 bits per heavy atom. The second-order valence-electron chi connectivity index (χ2n) is 1.30. The summed E-state index contributed by atoms with van der Waals surface area (Å²) in [6, 6.07) is 5.19. The molecule has 42 valence electrons. The third-order valence-corrected chi connectivity index (χ3v) is 1.13. The van der Waals surface area contributed by atoms with Gasteiger partial charge in [-0.05, 0) is 6.07 Å². The van der Waals surface area contributed by atoms with Gasteiger partial charge in [-0.2, -0.15) is 0 Å². The SMILES string of the molecule is [Na+].[S-]c1cccc(Cl)n1. The van der Waals surface area contributed by atoms with Crippen molar-refractivity contribution in [3.8, 4) is 0 Å². The molecule has 9 heavy (non-hydrogen) atoms. The Kier molecular flexibility index (Phi) is 4.80. The molecule has 0 aromatic carbocycles. The van der Waals surface area contributed by atoms with Crippen LogP contribution in [-0.2, 0) is 12.6 Å². The summed E-state index contributed by atoms with van der Waals surface area (Å²) in [6.07, 6.45) is 0. The van der Waals surface area contributed by atoms with Gasteiger partial charge in [-0.25, -0.2) is 0 Å². The molecule has 0 spiro atoms. The van der Waals surface area contributed by atoms with Gasteiger partial charge in [-0.3, -0.25) is 4.98 Å². The molecular weight excluding hydrogens is 165 g/mol. The van der Waals surface area contributed by atoms with Gasteiger partial charge in [0.15, 0.2) is 0 Å². The Morgan fingerprint density at radius 3 is 2.44 bits per heavy atom. The van der Waals surface area contributed by atoms with Gasteiger partial charge in [0.1, 0.15) is 5.15 Å². The summed E-state index contributed by atoms with van der Waals surface area (Å²) in [5.41, 5.74) is 0. The van der Waals surface area contributed by atoms with E-state index >= 15 is 0 Å². The van der Waals surface area contributed by atoms with Gasteiger partial charge in [-0.15, -0.1) is 0 Å². The molecule has 0 atom stereocenters. The van der Waals surface area contributed by atoms with E-state index < -0.39 is 0 Å². The fourth-order valence-corrected chi connectivity index (χ4v) is 0.780. The molecule has 0 amide bonds. The van der Waals surface area contributed by atoms with Crippen molar-refractivity contribution in [2.24, 2.45) is 0 Å². The predicted molar refractivity (Wildman–Crippen MR) is 34.9 cm³/mol. The van der Waals surface area contributed by atoms with Crippen LogP contribution in [0.2, 0.25) is 5.15 Å². The van der Waals surface area contributed by atoms with Gasteiger partial charge < -0.3 is 12.6 Å². The van der Waals surface area contributed by atoms with Crippen LogP contribution in [0.3, 0.4) is 0 Å². The summed E-state index contributed by atoms with van der Waals surface area (Å²) in [6.45, 7) is 0. The molecule has 0 N–H and O–H groups in total. The predicted octanol–water partition coefficient (Wildman–Crippen LogP) is -1.36. The Balaban J connectivity index is 0.000000640. The second-order valence-corrected chi connectivity index (χ2v) is 2.10. The summed E-state index contributed by atoms with van der Waals surface area (Å²) < 4.78 is 0. The van der Waals surface area contributed by atoms with Crippen molar-refractivity contribution in [2.75, 3.05) is 0 Å². The van der Waals surface area contributed by atoms with Gasteiger partial charge in [-0.1, -0.05) is 28.8 Å². The first kappa shape index (κ1) is 9.66. The first-order valence-electron chi connectivity index (χ1n) is 2.08. The van der Waals surface area contributed by atoms with Crippen LogP contribution in [0.15, 0.2) is 23.2 Å². The zero-order valence-corrected chi connectivity index (χ0v) is 8.54. The number of aromatic nitrogens is 1. The molecule has 0 fully saturated rings. The van der Waals surface area contributed by atoms with E-state index in [4.69, 9.17) is 24.2 Å². The molecular formula is C5H3ClNNaS. The first-order chi connectivity index (χ1) is 3.79. The van der Waals surface area contributed by atoms with Gasteiger partial charge >= 0.3 is 29.6 Å². The van der Waals surface area contributed by atoms with Crippen LogP contribution in [0.25, 0.3) is 0 Å². The molecule has 1 rings (SSSR count). The molecule has 1 aromatic rings. The molecule has 0 aliphatic carbocycles. The van der Waals surface area contributed by atoms with Crippen LogP contribution in [-0.4, -0.2) is 4.98 Å². The number of rotatable bonds is 0. The monoisotopic (exact) mass is 167 g/mol. The van der Waals surface area contributed by atoms with E-state index in [1.165, 1.54) is 0 Å². The fourth-order valence-electron chi connectivity index (χ4n) is 0.390. The smallest absolute Gasteiger partial charge is 0.760 e. The molecule has 0 saturated heterocycles. The van der Waals surface area contributed by atoms with Crippen LogP contribution >= 0.6 is 11.6 Å². The Labute approximate surface area is 86.5 Å². The Hall–Kier alpha value is 0.660. The summed E-state index contributed by atoms with van der Waals surface area (Å²) in [5, 5.41) is 0.995. The zero-order valence-electron chi connectivity index (χ0n) is 4.97. The van der Waals surface area contributed by atoms with E-state index in [1.54, 1.807) is 18.2 Å². The van der Waals surface area contributed by atoms with Gasteiger partial charge in [0, 0.05) is 0 Å². The van der Waals surface area contributed by atoms with Gasteiger partial charge in [0.25, 0.3) is 0 Å². The van der Waals surface area contributed by atoms with E-state index in [1.807, 2.05) is 0 Å². The topological polar surface area (TPSA) is 12.9 Å². The van der Waals surface area contributed by atoms with Crippen molar-refractivity contribution in [1.29, 1.82) is 0 Å². The molecule has 0 unspecified atom stereocenters. The summed E-state index contributed by atoms with van der Waals surface area (Å²) in [4.78, 5) is 3.75. The van der Waals surface area contributed by atoms with E-state index in [0.717, 1.165) is 0 Å². The molecule has 1 nitrogen and oxygen atoms in total. The van der Waals surface area contributed by atoms with Gasteiger partial charge in [0.2, 0.25) is 0 Å². The maximum atomic E-state index is 5.47. The minimum Gasteiger partial charge on any atom is -0.760 e. The van der Waals surface area contributed by atoms with E-state index in [2.05, 4.69) is 4.98 Å². The Morgan fingerprint density at radius 1 is 1.44 bits per heavy atom. The zero-order chi connectivity index (χ0) is 5.98. The van der Waals surface area contributed by atoms with Crippen LogP contribution in [0.5, 0.6) is 0 Å². The van der Waals surface area contributed by atoms with Crippen molar-refractivity contribution >= 4 is 24.2 Å². The molecule has 0 aliphatic heterocycles. The number of nitrogens with zero attached hydrogens (tertiary/aromatic N) is 1. The third kappa shape index (κ3) is 3.38. The van der Waals surface area contributed by atoms with Crippen molar-refractivity contribution in [2.45, 2.75) is 5.03 Å². The molecule has 0 bridgehead atoms. The summed E-state index contributed by atoms with van der Waals surface area (Å²) in [5.74, 6) is 0. The minimum atomic E-state index is 0. The van der Waals surface area contributed by atoms with Crippen LogP contribution in [0, 0.1) is 0 Å². The average molecular weight is 168 g/mol. The molecule has 0 radical (unpaired) electrons. The largest absolute Gasteiger partial charge is 1.00 e. The van der Waals surface area contributed by atoms with Crippen molar-refractivity contribution in [3.05, 3.63) is 23.4 Å². The summed E-state index contributed by atoms with van der Waals surface area (Å²) >= 11 is 10.2. The summed E-state index contributed by atoms with van der Waals surface area (Å²) in [7, 11) is 0. The molecule has 4 heteroatoms. The van der Waals surface area contributed by atoms with E-state index in [-0.39, 0.29) is 29.6 Å². The van der Waals surface area contributed by atoms with Crippen molar-refractivity contribution in [3.63, 3.8) is 0 Å². The average Bonchev–Trinajstić information content (AvgIpc) is 1.64. The number of hydrogen-bond donors (Lipinski definition) is 0. The maximum absolute atomic E-state index is 5.47. The fraction of sp³-hybridized carbons (Fsp3) is 0. The van der Waals surface area contributed by atoms with Crippen LogP contribution in [0.1, 0.15) is 0 Å². The maximum Gasteiger partial charge on any atom is 1.00 e. The second kappa shape index (κ2) is 4.47. The van der Waals surface area contributed by atoms with Gasteiger partial charge in [0.05, 0.1) is 0 Å². The Bertz CT molecular complexity index is 177. The van der Waals surface area contributed by atoms with E-state index in [0.29, 0.717) is 10.2 Å².